The number of hydrogen-bond donors (Lipinski definition) is 1. The fraction of sp³-hybridized carbons (Fsp3) is 0.100. The quantitative estimate of drug-likeness (QED) is 0.910. The molecule has 0 aliphatic rings. The largest absolute Gasteiger partial charge is 0.320 e. The number of rotatable bonds is 2. The monoisotopic (exact) mass is 268 g/mol. The van der Waals surface area contributed by atoms with Gasteiger partial charge >= 0.3 is 0 Å². The Morgan fingerprint density at radius 1 is 1.29 bits per heavy atom. The minimum Gasteiger partial charge on any atom is -0.320 e. The van der Waals surface area contributed by atoms with E-state index >= 15 is 0 Å². The molecule has 0 fully saturated rings. The summed E-state index contributed by atoms with van der Waals surface area (Å²) in [5.41, 5.74) is 8.32. The van der Waals surface area contributed by atoms with Crippen molar-refractivity contribution < 1.29 is 0 Å². The lowest BCUT2D eigenvalue weighted by molar-refractivity contribution is 0.868. The molecule has 0 bridgehead atoms. The van der Waals surface area contributed by atoms with Crippen LogP contribution in [-0.4, -0.2) is 4.98 Å². The van der Waals surface area contributed by atoms with Gasteiger partial charge in [-0.2, -0.15) is 11.3 Å². The normalized spacial score (nSPS) is 12.7. The van der Waals surface area contributed by atoms with Gasteiger partial charge in [0.1, 0.15) is 0 Å². The van der Waals surface area contributed by atoms with E-state index in [4.69, 9.17) is 5.73 Å². The summed E-state index contributed by atoms with van der Waals surface area (Å²) in [4.78, 5) is 3.97. The first-order valence-corrected chi connectivity index (χ1v) is 5.89. The van der Waals surface area contributed by atoms with Crippen molar-refractivity contribution in [1.29, 1.82) is 0 Å². The highest BCUT2D eigenvalue weighted by Gasteiger charge is 2.12. The predicted octanol–water partition coefficient (Wildman–Crippen LogP) is 2.95. The standard InChI is InChI=1S/C10H9BrN2S/c11-9-6-14-5-8(9)10(12)7-1-3-13-4-2-7/h1-6,10H,12H2. The van der Waals surface area contributed by atoms with E-state index in [0.717, 1.165) is 15.6 Å². The van der Waals surface area contributed by atoms with Gasteiger partial charge in [-0.25, -0.2) is 0 Å². The molecule has 2 heterocycles. The minimum atomic E-state index is -0.0707. The number of halogens is 1. The van der Waals surface area contributed by atoms with Crippen molar-refractivity contribution in [3.05, 3.63) is 50.9 Å². The molecule has 2 N–H and O–H groups in total. The molecule has 0 spiro atoms. The molecule has 1 unspecified atom stereocenters. The summed E-state index contributed by atoms with van der Waals surface area (Å²) >= 11 is 5.13. The number of aromatic nitrogens is 1. The topological polar surface area (TPSA) is 38.9 Å². The van der Waals surface area contributed by atoms with Gasteiger partial charge in [0.2, 0.25) is 0 Å². The Kier molecular flexibility index (Phi) is 2.96. The van der Waals surface area contributed by atoms with Crippen LogP contribution >= 0.6 is 27.3 Å². The predicted molar refractivity (Wildman–Crippen MR) is 62.3 cm³/mol. The average molecular weight is 269 g/mol. The second-order valence-electron chi connectivity index (χ2n) is 2.93. The van der Waals surface area contributed by atoms with Crippen molar-refractivity contribution in [1.82, 2.24) is 4.98 Å². The molecule has 2 rings (SSSR count). The molecule has 0 aromatic carbocycles. The lowest BCUT2D eigenvalue weighted by atomic mass is 10.0. The zero-order valence-electron chi connectivity index (χ0n) is 7.35. The number of nitrogens with two attached hydrogens (primary N) is 1. The Hall–Kier alpha value is -0.710. The summed E-state index contributed by atoms with van der Waals surface area (Å²) in [5.74, 6) is 0. The second-order valence-corrected chi connectivity index (χ2v) is 4.53. The minimum absolute atomic E-state index is 0.0707. The molecule has 2 nitrogen and oxygen atoms in total. The van der Waals surface area contributed by atoms with Gasteiger partial charge in [-0.3, -0.25) is 4.98 Å². The molecule has 2 aromatic rings. The van der Waals surface area contributed by atoms with Gasteiger partial charge in [0.25, 0.3) is 0 Å². The molecule has 0 saturated carbocycles. The van der Waals surface area contributed by atoms with Crippen LogP contribution in [0.2, 0.25) is 0 Å². The first-order chi connectivity index (χ1) is 6.79. The summed E-state index contributed by atoms with van der Waals surface area (Å²) in [6.07, 6.45) is 3.52. The van der Waals surface area contributed by atoms with Gasteiger partial charge < -0.3 is 5.73 Å². The first-order valence-electron chi connectivity index (χ1n) is 4.16. The zero-order chi connectivity index (χ0) is 9.97. The molecule has 0 saturated heterocycles. The van der Waals surface area contributed by atoms with Gasteiger partial charge in [-0.15, -0.1) is 0 Å². The molecule has 0 radical (unpaired) electrons. The number of thiophene rings is 1. The third-order valence-electron chi connectivity index (χ3n) is 2.04. The smallest absolute Gasteiger partial charge is 0.0572 e. The third kappa shape index (κ3) is 1.87. The van der Waals surface area contributed by atoms with E-state index in [1.165, 1.54) is 0 Å². The van der Waals surface area contributed by atoms with Crippen molar-refractivity contribution in [3.8, 4) is 0 Å². The SMILES string of the molecule is NC(c1ccncc1)c1cscc1Br. The number of pyridine rings is 1. The van der Waals surface area contributed by atoms with E-state index in [0.29, 0.717) is 0 Å². The van der Waals surface area contributed by atoms with E-state index in [-0.39, 0.29) is 6.04 Å². The maximum absolute atomic E-state index is 6.11. The van der Waals surface area contributed by atoms with E-state index in [9.17, 15) is 0 Å². The van der Waals surface area contributed by atoms with Crippen LogP contribution in [0.1, 0.15) is 17.2 Å². The highest BCUT2D eigenvalue weighted by Crippen LogP contribution is 2.29. The average Bonchev–Trinajstić information content (AvgIpc) is 2.65. The van der Waals surface area contributed by atoms with Crippen LogP contribution in [0.25, 0.3) is 0 Å². The van der Waals surface area contributed by atoms with Crippen LogP contribution in [0, 0.1) is 0 Å². The van der Waals surface area contributed by atoms with E-state index in [1.54, 1.807) is 23.7 Å². The van der Waals surface area contributed by atoms with Crippen LogP contribution in [0.3, 0.4) is 0 Å². The van der Waals surface area contributed by atoms with Crippen LogP contribution in [0.4, 0.5) is 0 Å². The fourth-order valence-corrected chi connectivity index (χ4v) is 2.84. The Morgan fingerprint density at radius 2 is 2.00 bits per heavy atom. The molecule has 0 aliphatic heterocycles. The Labute approximate surface area is 94.9 Å². The summed E-state index contributed by atoms with van der Waals surface area (Å²) in [6, 6.07) is 3.81. The van der Waals surface area contributed by atoms with Crippen molar-refractivity contribution in [3.63, 3.8) is 0 Å². The Morgan fingerprint density at radius 3 is 2.57 bits per heavy atom. The lowest BCUT2D eigenvalue weighted by Gasteiger charge is -2.10. The van der Waals surface area contributed by atoms with E-state index in [2.05, 4.69) is 26.3 Å². The lowest BCUT2D eigenvalue weighted by Crippen LogP contribution is -2.11. The molecule has 2 aromatic heterocycles. The molecule has 72 valence electrons. The highest BCUT2D eigenvalue weighted by atomic mass is 79.9. The maximum atomic E-state index is 6.11. The van der Waals surface area contributed by atoms with Crippen molar-refractivity contribution in [2.24, 2.45) is 5.73 Å². The molecule has 1 atom stereocenters. The third-order valence-corrected chi connectivity index (χ3v) is 3.79. The highest BCUT2D eigenvalue weighted by molar-refractivity contribution is 9.10. The van der Waals surface area contributed by atoms with Gasteiger partial charge in [0, 0.05) is 22.2 Å². The van der Waals surface area contributed by atoms with Crippen molar-refractivity contribution >= 4 is 27.3 Å². The summed E-state index contributed by atoms with van der Waals surface area (Å²) < 4.78 is 1.08. The molecular weight excluding hydrogens is 260 g/mol. The fourth-order valence-electron chi connectivity index (χ4n) is 1.26. The van der Waals surface area contributed by atoms with Crippen molar-refractivity contribution in [2.45, 2.75) is 6.04 Å². The van der Waals surface area contributed by atoms with E-state index < -0.39 is 0 Å². The maximum Gasteiger partial charge on any atom is 0.0572 e. The van der Waals surface area contributed by atoms with Gasteiger partial charge in [0.05, 0.1) is 6.04 Å². The van der Waals surface area contributed by atoms with Gasteiger partial charge in [-0.1, -0.05) is 0 Å². The molecular formula is C10H9BrN2S. The van der Waals surface area contributed by atoms with E-state index in [1.807, 2.05) is 17.5 Å². The van der Waals surface area contributed by atoms with Crippen LogP contribution < -0.4 is 5.73 Å². The molecule has 0 aliphatic carbocycles. The number of hydrogen-bond acceptors (Lipinski definition) is 3. The summed E-state index contributed by atoms with van der Waals surface area (Å²) in [7, 11) is 0. The first kappa shape index (κ1) is 9.83. The van der Waals surface area contributed by atoms with Crippen LogP contribution in [-0.2, 0) is 0 Å². The Bertz CT molecular complexity index is 413. The number of nitrogens with zero attached hydrogens (tertiary/aromatic N) is 1. The Balaban J connectivity index is 2.34. The molecule has 0 amide bonds. The molecule has 14 heavy (non-hydrogen) atoms. The van der Waals surface area contributed by atoms with Crippen LogP contribution in [0.15, 0.2) is 39.8 Å². The second kappa shape index (κ2) is 4.21. The van der Waals surface area contributed by atoms with Crippen molar-refractivity contribution in [2.75, 3.05) is 0 Å². The summed E-state index contributed by atoms with van der Waals surface area (Å²) in [5, 5.41) is 4.10. The molecule has 4 heteroatoms. The summed E-state index contributed by atoms with van der Waals surface area (Å²) in [6.45, 7) is 0. The van der Waals surface area contributed by atoms with Gasteiger partial charge in [0.15, 0.2) is 0 Å². The van der Waals surface area contributed by atoms with Crippen LogP contribution in [0.5, 0.6) is 0 Å². The zero-order valence-corrected chi connectivity index (χ0v) is 9.75. The van der Waals surface area contributed by atoms with Gasteiger partial charge in [-0.05, 0) is 44.6 Å².